The van der Waals surface area contributed by atoms with Gasteiger partial charge in [-0.1, -0.05) is 19.8 Å². The lowest BCUT2D eigenvalue weighted by Crippen LogP contribution is -2.37. The lowest BCUT2D eigenvalue weighted by Gasteiger charge is -2.29. The molecule has 2 nitrogen and oxygen atoms in total. The molecule has 1 fully saturated rings. The summed E-state index contributed by atoms with van der Waals surface area (Å²) in [5.41, 5.74) is 0. The van der Waals surface area contributed by atoms with Crippen LogP contribution in [0.3, 0.4) is 0 Å². The van der Waals surface area contributed by atoms with Crippen LogP contribution < -0.4 is 0 Å². The number of nitrogens with zero attached hydrogens (tertiary/aromatic N) is 1. The van der Waals surface area contributed by atoms with Gasteiger partial charge in [0.1, 0.15) is 0 Å². The van der Waals surface area contributed by atoms with Crippen molar-refractivity contribution in [1.29, 1.82) is 0 Å². The SMILES string of the molecule is [CH2]CCCCON1CCC1. The number of hydroxylamine groups is 2. The predicted molar refractivity (Wildman–Crippen MR) is 41.4 cm³/mol. The van der Waals surface area contributed by atoms with Gasteiger partial charge in [0.2, 0.25) is 0 Å². The van der Waals surface area contributed by atoms with Crippen molar-refractivity contribution in [3.63, 3.8) is 0 Å². The average molecular weight is 142 g/mol. The number of hydrogen-bond donors (Lipinski definition) is 0. The monoisotopic (exact) mass is 142 g/mol. The van der Waals surface area contributed by atoms with Gasteiger partial charge in [0.05, 0.1) is 6.61 Å². The van der Waals surface area contributed by atoms with Gasteiger partial charge in [0, 0.05) is 13.1 Å². The zero-order valence-corrected chi connectivity index (χ0v) is 6.51. The van der Waals surface area contributed by atoms with Crippen LogP contribution in [0.5, 0.6) is 0 Å². The third kappa shape index (κ3) is 2.67. The first-order chi connectivity index (χ1) is 4.93. The Bertz CT molecular complexity index is 81.3. The van der Waals surface area contributed by atoms with E-state index in [1.807, 2.05) is 5.06 Å². The highest BCUT2D eigenvalue weighted by atomic mass is 16.7. The quantitative estimate of drug-likeness (QED) is 0.541. The van der Waals surface area contributed by atoms with Crippen LogP contribution in [0, 0.1) is 6.92 Å². The fraction of sp³-hybridized carbons (Fsp3) is 0.875. The minimum absolute atomic E-state index is 0.884. The lowest BCUT2D eigenvalue weighted by atomic mass is 10.3. The van der Waals surface area contributed by atoms with Gasteiger partial charge in [-0.3, -0.25) is 4.84 Å². The Hall–Kier alpha value is -0.0800. The molecule has 1 heterocycles. The zero-order valence-electron chi connectivity index (χ0n) is 6.51. The van der Waals surface area contributed by atoms with E-state index in [0.29, 0.717) is 0 Å². The van der Waals surface area contributed by atoms with Gasteiger partial charge in [-0.05, 0) is 12.8 Å². The molecule has 0 amide bonds. The maximum absolute atomic E-state index is 5.39. The molecule has 0 aromatic rings. The van der Waals surface area contributed by atoms with Crippen LogP contribution in [0.4, 0.5) is 0 Å². The maximum Gasteiger partial charge on any atom is 0.0685 e. The fourth-order valence-corrected chi connectivity index (χ4v) is 0.889. The molecule has 0 N–H and O–H groups in total. The molecular formula is C8H16NO. The summed E-state index contributed by atoms with van der Waals surface area (Å²) in [6, 6.07) is 0. The second kappa shape index (κ2) is 4.69. The van der Waals surface area contributed by atoms with Crippen LogP contribution in [0.2, 0.25) is 0 Å². The van der Waals surface area contributed by atoms with Gasteiger partial charge >= 0.3 is 0 Å². The molecule has 1 aliphatic rings. The van der Waals surface area contributed by atoms with Gasteiger partial charge in [0.25, 0.3) is 0 Å². The van der Waals surface area contributed by atoms with E-state index in [-0.39, 0.29) is 0 Å². The third-order valence-corrected chi connectivity index (χ3v) is 1.73. The summed E-state index contributed by atoms with van der Waals surface area (Å²) < 4.78 is 0. The summed E-state index contributed by atoms with van der Waals surface area (Å²) in [4.78, 5) is 5.39. The van der Waals surface area contributed by atoms with Crippen molar-refractivity contribution < 1.29 is 4.84 Å². The molecule has 0 unspecified atom stereocenters. The van der Waals surface area contributed by atoms with E-state index in [1.165, 1.54) is 12.8 Å². The Morgan fingerprint density at radius 3 is 2.60 bits per heavy atom. The number of unbranched alkanes of at least 4 members (excludes halogenated alkanes) is 2. The molecule has 0 bridgehead atoms. The van der Waals surface area contributed by atoms with E-state index in [0.717, 1.165) is 32.5 Å². The van der Waals surface area contributed by atoms with Crippen LogP contribution in [-0.2, 0) is 4.84 Å². The van der Waals surface area contributed by atoms with Crippen molar-refractivity contribution >= 4 is 0 Å². The highest BCUT2D eigenvalue weighted by Crippen LogP contribution is 2.06. The zero-order chi connectivity index (χ0) is 7.23. The fourth-order valence-electron chi connectivity index (χ4n) is 0.889. The maximum atomic E-state index is 5.39. The Labute approximate surface area is 63.1 Å². The highest BCUT2D eigenvalue weighted by molar-refractivity contribution is 4.58. The van der Waals surface area contributed by atoms with Crippen molar-refractivity contribution in [2.24, 2.45) is 0 Å². The Morgan fingerprint density at radius 1 is 1.30 bits per heavy atom. The van der Waals surface area contributed by atoms with Crippen LogP contribution in [0.1, 0.15) is 25.7 Å². The average Bonchev–Trinajstić information content (AvgIpc) is 1.84. The molecule has 0 aromatic heterocycles. The first-order valence-corrected chi connectivity index (χ1v) is 4.10. The molecular weight excluding hydrogens is 126 g/mol. The van der Waals surface area contributed by atoms with Crippen molar-refractivity contribution in [1.82, 2.24) is 5.06 Å². The number of hydrogen-bond acceptors (Lipinski definition) is 2. The van der Waals surface area contributed by atoms with E-state index in [9.17, 15) is 0 Å². The summed E-state index contributed by atoms with van der Waals surface area (Å²) in [5, 5.41) is 2.03. The summed E-state index contributed by atoms with van der Waals surface area (Å²) in [7, 11) is 0. The van der Waals surface area contributed by atoms with Crippen molar-refractivity contribution in [3.8, 4) is 0 Å². The second-order valence-corrected chi connectivity index (χ2v) is 2.68. The molecule has 0 atom stereocenters. The van der Waals surface area contributed by atoms with E-state index < -0.39 is 0 Å². The third-order valence-electron chi connectivity index (χ3n) is 1.73. The molecule has 59 valence electrons. The predicted octanol–water partition coefficient (Wildman–Crippen LogP) is 1.63. The molecule has 0 aliphatic carbocycles. The molecule has 0 saturated carbocycles. The summed E-state index contributed by atoms with van der Waals surface area (Å²) >= 11 is 0. The van der Waals surface area contributed by atoms with Gasteiger partial charge < -0.3 is 0 Å². The standard InChI is InChI=1S/C8H16NO/c1-2-3-4-8-10-9-6-5-7-9/h1-8H2. The second-order valence-electron chi connectivity index (χ2n) is 2.68. The topological polar surface area (TPSA) is 12.5 Å². The largest absolute Gasteiger partial charge is 0.299 e. The molecule has 0 aromatic carbocycles. The van der Waals surface area contributed by atoms with Gasteiger partial charge in [0.15, 0.2) is 0 Å². The minimum Gasteiger partial charge on any atom is -0.299 e. The molecule has 1 radical (unpaired) electrons. The molecule has 1 saturated heterocycles. The first kappa shape index (κ1) is 8.02. The molecule has 1 rings (SSSR count). The summed E-state index contributed by atoms with van der Waals surface area (Å²) in [6.07, 6.45) is 4.67. The van der Waals surface area contributed by atoms with E-state index >= 15 is 0 Å². The van der Waals surface area contributed by atoms with Gasteiger partial charge in [-0.15, -0.1) is 0 Å². The van der Waals surface area contributed by atoms with Crippen LogP contribution in [0.25, 0.3) is 0 Å². The lowest BCUT2D eigenvalue weighted by molar-refractivity contribution is -0.196. The van der Waals surface area contributed by atoms with Crippen molar-refractivity contribution in [3.05, 3.63) is 6.92 Å². The van der Waals surface area contributed by atoms with Gasteiger partial charge in [-0.25, -0.2) is 0 Å². The Kier molecular flexibility index (Phi) is 3.76. The van der Waals surface area contributed by atoms with Crippen molar-refractivity contribution in [2.75, 3.05) is 19.7 Å². The molecule has 10 heavy (non-hydrogen) atoms. The summed E-state index contributed by atoms with van der Waals surface area (Å²) in [5.74, 6) is 0. The molecule has 1 aliphatic heterocycles. The normalized spacial score (nSPS) is 18.9. The summed E-state index contributed by atoms with van der Waals surface area (Å²) in [6.45, 7) is 6.91. The Morgan fingerprint density at radius 2 is 2.10 bits per heavy atom. The number of rotatable bonds is 5. The van der Waals surface area contributed by atoms with Crippen LogP contribution >= 0.6 is 0 Å². The van der Waals surface area contributed by atoms with Crippen molar-refractivity contribution in [2.45, 2.75) is 25.7 Å². The first-order valence-electron chi connectivity index (χ1n) is 4.10. The Balaban J connectivity index is 1.76. The van der Waals surface area contributed by atoms with Crippen LogP contribution in [-0.4, -0.2) is 24.8 Å². The highest BCUT2D eigenvalue weighted by Gasteiger charge is 2.12. The van der Waals surface area contributed by atoms with E-state index in [4.69, 9.17) is 4.84 Å². The van der Waals surface area contributed by atoms with E-state index in [1.54, 1.807) is 0 Å². The minimum atomic E-state index is 0.884. The molecule has 0 spiro atoms. The van der Waals surface area contributed by atoms with E-state index in [2.05, 4.69) is 6.92 Å². The van der Waals surface area contributed by atoms with Crippen LogP contribution in [0.15, 0.2) is 0 Å². The van der Waals surface area contributed by atoms with Gasteiger partial charge in [-0.2, -0.15) is 5.06 Å². The smallest absolute Gasteiger partial charge is 0.0685 e. The molecule has 2 heteroatoms.